The molecule has 11 nitrogen and oxygen atoms in total. The highest BCUT2D eigenvalue weighted by atomic mass is 15.3. The van der Waals surface area contributed by atoms with E-state index in [4.69, 9.17) is 26.5 Å². The number of nitrogen functional groups attached to an aromatic ring is 2. The van der Waals surface area contributed by atoms with E-state index in [-0.39, 0.29) is 0 Å². The monoisotopic (exact) mass is 805 g/mol. The molecule has 0 spiro atoms. The molecular formula is C51H39N11. The topological polar surface area (TPSA) is 152 Å². The zero-order chi connectivity index (χ0) is 41.6. The quantitative estimate of drug-likeness (QED) is 0.167. The van der Waals surface area contributed by atoms with Gasteiger partial charge in [-0.1, -0.05) is 115 Å². The van der Waals surface area contributed by atoms with Crippen molar-refractivity contribution in [2.24, 2.45) is 0 Å². The van der Waals surface area contributed by atoms with Gasteiger partial charge in [-0.3, -0.25) is 0 Å². The molecule has 4 N–H and O–H groups in total. The van der Waals surface area contributed by atoms with Crippen LogP contribution in [0.5, 0.6) is 0 Å². The number of nitrogens with two attached hydrogens (primary N) is 2. The highest BCUT2D eigenvalue weighted by molar-refractivity contribution is 6.03. The molecule has 6 aromatic heterocycles. The van der Waals surface area contributed by atoms with Gasteiger partial charge in [0.05, 0.1) is 39.2 Å². The first-order valence-electron chi connectivity index (χ1n) is 20.6. The summed E-state index contributed by atoms with van der Waals surface area (Å²) in [5.41, 5.74) is 25.0. The molecule has 0 aliphatic heterocycles. The number of pyridine rings is 2. The standard InChI is InChI=1S/C27H19N5.C24H20N6/c28-26-25-22(16-32(27(25)30-17-29-26)21-9-5-2-6-10-21)20-12-11-19-13-14-23(31-24(19)15-20)18-7-3-1-4-8-18;25-23-21-22(29-30(18-7-4-8-18)24(21)27-14-26-23)17-10-9-16-11-12-19(28-20(16)13-17)15-5-2-1-3-6-15/h1-17H,(H2,28,29,30);1-3,5-6,9-14,18H,4,7-8H2,(H2,25,26,27). The van der Waals surface area contributed by atoms with Crippen molar-refractivity contribution in [1.29, 1.82) is 0 Å². The van der Waals surface area contributed by atoms with Crippen LogP contribution in [0.4, 0.5) is 11.6 Å². The Kier molecular flexibility index (Phi) is 9.11. The summed E-state index contributed by atoms with van der Waals surface area (Å²) >= 11 is 0. The normalized spacial score (nSPS) is 12.7. The Balaban J connectivity index is 0.000000140. The second-order valence-electron chi connectivity index (χ2n) is 15.5. The first-order chi connectivity index (χ1) is 30.6. The van der Waals surface area contributed by atoms with E-state index in [0.717, 1.165) is 107 Å². The Bertz CT molecular complexity index is 3410. The van der Waals surface area contributed by atoms with Gasteiger partial charge >= 0.3 is 0 Å². The van der Waals surface area contributed by atoms with Gasteiger partial charge in [0.2, 0.25) is 0 Å². The van der Waals surface area contributed by atoms with Gasteiger partial charge in [0.25, 0.3) is 0 Å². The fraction of sp³-hybridized carbons (Fsp3) is 0.0784. The van der Waals surface area contributed by atoms with Gasteiger partial charge in [-0.05, 0) is 61.2 Å². The van der Waals surface area contributed by atoms with Crippen LogP contribution in [0.15, 0.2) is 171 Å². The van der Waals surface area contributed by atoms with E-state index in [0.29, 0.717) is 17.7 Å². The van der Waals surface area contributed by atoms with Crippen molar-refractivity contribution in [2.45, 2.75) is 25.3 Å². The smallest absolute Gasteiger partial charge is 0.164 e. The minimum Gasteiger partial charge on any atom is -0.383 e. The second kappa shape index (κ2) is 15.4. The fourth-order valence-electron chi connectivity index (χ4n) is 8.26. The molecule has 0 atom stereocenters. The zero-order valence-corrected chi connectivity index (χ0v) is 33.5. The number of aromatic nitrogens is 9. The van der Waals surface area contributed by atoms with E-state index in [1.54, 1.807) is 0 Å². The van der Waals surface area contributed by atoms with E-state index in [9.17, 15) is 0 Å². The molecule has 6 heterocycles. The number of hydrogen-bond donors (Lipinski definition) is 2. The summed E-state index contributed by atoms with van der Waals surface area (Å²) in [6, 6.07) is 51.8. The Hall–Kier alpha value is -8.31. The van der Waals surface area contributed by atoms with Crippen LogP contribution >= 0.6 is 0 Å². The first kappa shape index (κ1) is 36.7. The van der Waals surface area contributed by atoms with Gasteiger partial charge in [0.1, 0.15) is 30.0 Å². The molecule has 1 fully saturated rings. The molecule has 1 aliphatic carbocycles. The van der Waals surface area contributed by atoms with Gasteiger partial charge in [0.15, 0.2) is 11.3 Å². The molecule has 5 aromatic carbocycles. The van der Waals surface area contributed by atoms with Gasteiger partial charge in [-0.25, -0.2) is 34.6 Å². The number of hydrogen-bond acceptors (Lipinski definition) is 9. The summed E-state index contributed by atoms with van der Waals surface area (Å²) in [4.78, 5) is 27.4. The number of benzene rings is 5. The third-order valence-electron chi connectivity index (χ3n) is 11.7. The van der Waals surface area contributed by atoms with Crippen molar-refractivity contribution in [3.05, 3.63) is 171 Å². The van der Waals surface area contributed by atoms with Crippen molar-refractivity contribution in [2.75, 3.05) is 11.5 Å². The van der Waals surface area contributed by atoms with Gasteiger partial charge < -0.3 is 16.0 Å². The lowest BCUT2D eigenvalue weighted by Gasteiger charge is -2.25. The van der Waals surface area contributed by atoms with E-state index in [1.807, 2.05) is 59.3 Å². The maximum Gasteiger partial charge on any atom is 0.164 e. The summed E-state index contributed by atoms with van der Waals surface area (Å²) in [5.74, 6) is 0.928. The van der Waals surface area contributed by atoms with Crippen LogP contribution in [0.3, 0.4) is 0 Å². The van der Waals surface area contributed by atoms with Crippen LogP contribution in [-0.2, 0) is 0 Å². The third kappa shape index (κ3) is 6.62. The van der Waals surface area contributed by atoms with Gasteiger partial charge in [-0.15, -0.1) is 0 Å². The highest BCUT2D eigenvalue weighted by Gasteiger charge is 2.26. The van der Waals surface area contributed by atoms with E-state index in [1.165, 1.54) is 19.1 Å². The van der Waals surface area contributed by atoms with E-state index >= 15 is 0 Å². The van der Waals surface area contributed by atoms with E-state index in [2.05, 4.69) is 128 Å². The molecule has 11 aromatic rings. The predicted molar refractivity (Wildman–Crippen MR) is 248 cm³/mol. The molecule has 11 heteroatoms. The highest BCUT2D eigenvalue weighted by Crippen LogP contribution is 2.39. The molecule has 0 bridgehead atoms. The minimum absolute atomic E-state index is 0.388. The van der Waals surface area contributed by atoms with Crippen molar-refractivity contribution >= 4 is 55.5 Å². The van der Waals surface area contributed by atoms with Gasteiger partial charge in [0, 0.05) is 44.9 Å². The molecular weight excluding hydrogens is 767 g/mol. The summed E-state index contributed by atoms with van der Waals surface area (Å²) < 4.78 is 4.09. The van der Waals surface area contributed by atoms with Crippen LogP contribution in [0.1, 0.15) is 25.3 Å². The fourth-order valence-corrected chi connectivity index (χ4v) is 8.26. The molecule has 0 amide bonds. The number of nitrogens with zero attached hydrogens (tertiary/aromatic N) is 9. The molecule has 62 heavy (non-hydrogen) atoms. The molecule has 1 aliphatic rings. The average Bonchev–Trinajstić information content (AvgIpc) is 3.90. The summed E-state index contributed by atoms with van der Waals surface area (Å²) in [7, 11) is 0. The van der Waals surface area contributed by atoms with Crippen LogP contribution in [-0.4, -0.2) is 44.3 Å². The summed E-state index contributed by atoms with van der Waals surface area (Å²) in [6.07, 6.45) is 8.58. The predicted octanol–water partition coefficient (Wildman–Crippen LogP) is 10.9. The first-order valence-corrected chi connectivity index (χ1v) is 20.6. The SMILES string of the molecule is Nc1ncnc2c1c(-c1ccc3ccc(-c4ccccc4)nc3c1)cn2-c1ccccc1.Nc1ncnc2c1c(-c1ccc3ccc(-c4ccccc4)nc3c1)nn2C1CCC1. The number of anilines is 2. The average molecular weight is 806 g/mol. The van der Waals surface area contributed by atoms with Crippen LogP contribution in [0, 0.1) is 0 Å². The maximum absolute atomic E-state index is 6.32. The Morgan fingerprint density at radius 3 is 1.63 bits per heavy atom. The molecule has 0 saturated heterocycles. The van der Waals surface area contributed by atoms with E-state index < -0.39 is 0 Å². The zero-order valence-electron chi connectivity index (χ0n) is 33.5. The summed E-state index contributed by atoms with van der Waals surface area (Å²) in [5, 5.41) is 8.78. The van der Waals surface area contributed by atoms with Crippen molar-refractivity contribution in [3.63, 3.8) is 0 Å². The van der Waals surface area contributed by atoms with Gasteiger partial charge in [-0.2, -0.15) is 5.10 Å². The number of fused-ring (bicyclic) bond motifs is 4. The molecule has 12 rings (SSSR count). The minimum atomic E-state index is 0.388. The Morgan fingerprint density at radius 1 is 0.500 bits per heavy atom. The lowest BCUT2D eigenvalue weighted by molar-refractivity contribution is 0.296. The van der Waals surface area contributed by atoms with Crippen LogP contribution in [0.2, 0.25) is 0 Å². The largest absolute Gasteiger partial charge is 0.383 e. The van der Waals surface area contributed by atoms with Crippen molar-refractivity contribution in [3.8, 4) is 50.6 Å². The third-order valence-corrected chi connectivity index (χ3v) is 11.7. The Labute approximate surface area is 356 Å². The number of para-hydroxylation sites is 1. The summed E-state index contributed by atoms with van der Waals surface area (Å²) in [6.45, 7) is 0. The maximum atomic E-state index is 6.32. The van der Waals surface area contributed by atoms with Crippen LogP contribution < -0.4 is 11.5 Å². The number of rotatable bonds is 6. The molecule has 0 unspecified atom stereocenters. The Morgan fingerprint density at radius 2 is 1.03 bits per heavy atom. The van der Waals surface area contributed by atoms with Crippen molar-refractivity contribution < 1.29 is 0 Å². The lowest BCUT2D eigenvalue weighted by Crippen LogP contribution is -2.18. The molecule has 0 radical (unpaired) electrons. The lowest BCUT2D eigenvalue weighted by atomic mass is 9.93. The van der Waals surface area contributed by atoms with Crippen molar-refractivity contribution in [1.82, 2.24) is 44.3 Å². The molecule has 1 saturated carbocycles. The molecule has 298 valence electrons. The van der Waals surface area contributed by atoms with Crippen LogP contribution in [0.25, 0.3) is 94.5 Å². The second-order valence-corrected chi connectivity index (χ2v) is 15.5.